The molecule has 0 fully saturated rings. The average Bonchev–Trinajstić information content (AvgIpc) is 2.03. The normalized spacial score (nSPS) is 10.7. The van der Waals surface area contributed by atoms with Crippen LogP contribution in [0, 0.1) is 0 Å². The van der Waals surface area contributed by atoms with E-state index in [-0.39, 0.29) is 5.91 Å². The van der Waals surface area contributed by atoms with Crippen LogP contribution >= 0.6 is 0 Å². The molecular formula is C9H13NO. The summed E-state index contributed by atoms with van der Waals surface area (Å²) in [7, 11) is 0. The molecule has 2 heteroatoms. The summed E-state index contributed by atoms with van der Waals surface area (Å²) < 4.78 is 0. The number of hydrogen-bond acceptors (Lipinski definition) is 1. The number of carbonyl (C=O) groups is 1. The van der Waals surface area contributed by atoms with Gasteiger partial charge < -0.3 is 0 Å². The van der Waals surface area contributed by atoms with Gasteiger partial charge in [0, 0.05) is 12.4 Å². The maximum atomic E-state index is 11.0. The topological polar surface area (TPSA) is 20.3 Å². The lowest BCUT2D eigenvalue weighted by molar-refractivity contribution is -0.121. The van der Waals surface area contributed by atoms with Gasteiger partial charge in [0.15, 0.2) is 0 Å². The van der Waals surface area contributed by atoms with Crippen LogP contribution in [0.4, 0.5) is 0 Å². The van der Waals surface area contributed by atoms with Gasteiger partial charge in [0.2, 0.25) is 0 Å². The molecular weight excluding hydrogens is 138 g/mol. The first kappa shape index (κ1) is 9.69. The number of rotatable bonds is 3. The van der Waals surface area contributed by atoms with E-state index in [2.05, 4.69) is 6.58 Å². The first-order chi connectivity index (χ1) is 5.26. The van der Waals surface area contributed by atoms with Crippen LogP contribution in [-0.2, 0) is 4.79 Å². The van der Waals surface area contributed by atoms with E-state index in [0.29, 0.717) is 0 Å². The third-order valence-electron chi connectivity index (χ3n) is 1.05. The largest absolute Gasteiger partial charge is 0.292 e. The van der Waals surface area contributed by atoms with Crippen LogP contribution < -0.4 is 0 Å². The Labute approximate surface area is 67.5 Å². The maximum absolute atomic E-state index is 11.0. The van der Waals surface area contributed by atoms with Gasteiger partial charge in [0.1, 0.15) is 0 Å². The summed E-state index contributed by atoms with van der Waals surface area (Å²) in [5.74, 6) is -0.124. The van der Waals surface area contributed by atoms with E-state index in [1.807, 2.05) is 13.8 Å². The number of carbonyl (C=O) groups excluding carboxylic acids is 1. The van der Waals surface area contributed by atoms with Gasteiger partial charge in [-0.2, -0.15) is 0 Å². The second-order valence-corrected chi connectivity index (χ2v) is 1.91. The molecule has 0 saturated carbocycles. The van der Waals surface area contributed by atoms with Crippen molar-refractivity contribution in [1.29, 1.82) is 0 Å². The van der Waals surface area contributed by atoms with Crippen molar-refractivity contribution in [3.63, 3.8) is 0 Å². The first-order valence-electron chi connectivity index (χ1n) is 3.46. The Morgan fingerprint density at radius 2 is 1.73 bits per heavy atom. The van der Waals surface area contributed by atoms with Crippen molar-refractivity contribution in [2.75, 3.05) is 0 Å². The first-order valence-corrected chi connectivity index (χ1v) is 3.46. The van der Waals surface area contributed by atoms with Crippen LogP contribution in [0.25, 0.3) is 0 Å². The molecule has 0 bridgehead atoms. The molecule has 0 radical (unpaired) electrons. The fraction of sp³-hybridized carbons (Fsp3) is 0.222. The minimum atomic E-state index is -0.124. The number of allylic oxidation sites excluding steroid dienone is 2. The highest BCUT2D eigenvalue weighted by Gasteiger charge is 1.99. The van der Waals surface area contributed by atoms with Gasteiger partial charge in [-0.05, 0) is 19.9 Å². The van der Waals surface area contributed by atoms with E-state index in [9.17, 15) is 4.79 Å². The molecule has 0 heterocycles. The lowest BCUT2D eigenvalue weighted by Gasteiger charge is -2.08. The summed E-state index contributed by atoms with van der Waals surface area (Å²) >= 11 is 0. The molecule has 0 N–H and O–H groups in total. The van der Waals surface area contributed by atoms with Crippen molar-refractivity contribution in [2.24, 2.45) is 0 Å². The Kier molecular flexibility index (Phi) is 4.82. The SMILES string of the molecule is C=CC(=O)N(C=CC)C=CC. The average molecular weight is 151 g/mol. The van der Waals surface area contributed by atoms with Crippen molar-refractivity contribution in [3.8, 4) is 0 Å². The van der Waals surface area contributed by atoms with E-state index in [4.69, 9.17) is 0 Å². The van der Waals surface area contributed by atoms with Crippen molar-refractivity contribution >= 4 is 5.91 Å². The predicted molar refractivity (Wildman–Crippen MR) is 46.7 cm³/mol. The van der Waals surface area contributed by atoms with Gasteiger partial charge in [-0.1, -0.05) is 18.7 Å². The summed E-state index contributed by atoms with van der Waals surface area (Å²) in [6, 6.07) is 0. The molecule has 11 heavy (non-hydrogen) atoms. The van der Waals surface area contributed by atoms with Gasteiger partial charge >= 0.3 is 0 Å². The molecule has 2 nitrogen and oxygen atoms in total. The summed E-state index contributed by atoms with van der Waals surface area (Å²) in [4.78, 5) is 12.5. The Balaban J connectivity index is 4.32. The zero-order valence-corrected chi connectivity index (χ0v) is 6.95. The minimum Gasteiger partial charge on any atom is -0.292 e. The van der Waals surface area contributed by atoms with E-state index in [1.165, 1.54) is 11.0 Å². The second-order valence-electron chi connectivity index (χ2n) is 1.91. The molecule has 0 aromatic carbocycles. The van der Waals surface area contributed by atoms with E-state index >= 15 is 0 Å². The Bertz CT molecular complexity index is 180. The van der Waals surface area contributed by atoms with E-state index in [0.717, 1.165) is 0 Å². The molecule has 0 aromatic rings. The fourth-order valence-corrected chi connectivity index (χ4v) is 0.623. The zero-order valence-electron chi connectivity index (χ0n) is 6.95. The summed E-state index contributed by atoms with van der Waals surface area (Å²) in [5.41, 5.74) is 0. The van der Waals surface area contributed by atoms with Crippen molar-refractivity contribution in [1.82, 2.24) is 4.90 Å². The van der Waals surface area contributed by atoms with Crippen molar-refractivity contribution in [3.05, 3.63) is 37.2 Å². The lowest BCUT2D eigenvalue weighted by Crippen LogP contribution is -2.16. The molecule has 0 aromatic heterocycles. The molecule has 60 valence electrons. The quantitative estimate of drug-likeness (QED) is 0.565. The van der Waals surface area contributed by atoms with Crippen LogP contribution in [0.1, 0.15) is 13.8 Å². The highest BCUT2D eigenvalue weighted by Crippen LogP contribution is 1.93. The Morgan fingerprint density at radius 3 is 2.00 bits per heavy atom. The van der Waals surface area contributed by atoms with Crippen molar-refractivity contribution < 1.29 is 4.79 Å². The lowest BCUT2D eigenvalue weighted by atomic mass is 10.5. The predicted octanol–water partition coefficient (Wildman–Crippen LogP) is 2.07. The zero-order chi connectivity index (χ0) is 8.69. The number of hydrogen-bond donors (Lipinski definition) is 0. The standard InChI is InChI=1S/C9H13NO/c1-4-7-10(8-5-2)9(11)6-3/h4-8H,3H2,1-2H3. The second kappa shape index (κ2) is 5.47. The smallest absolute Gasteiger partial charge is 0.253 e. The molecule has 0 unspecified atom stereocenters. The molecule has 0 rings (SSSR count). The van der Waals surface area contributed by atoms with Crippen LogP contribution in [0.2, 0.25) is 0 Å². The highest BCUT2D eigenvalue weighted by atomic mass is 16.2. The molecule has 0 aliphatic carbocycles. The summed E-state index contributed by atoms with van der Waals surface area (Å²) in [6.07, 6.45) is 8.23. The van der Waals surface area contributed by atoms with E-state index < -0.39 is 0 Å². The molecule has 1 amide bonds. The molecule has 0 atom stereocenters. The van der Waals surface area contributed by atoms with Gasteiger partial charge in [0.25, 0.3) is 5.91 Å². The van der Waals surface area contributed by atoms with Crippen LogP contribution in [0.3, 0.4) is 0 Å². The van der Waals surface area contributed by atoms with Crippen LogP contribution in [-0.4, -0.2) is 10.8 Å². The maximum Gasteiger partial charge on any atom is 0.253 e. The van der Waals surface area contributed by atoms with E-state index in [1.54, 1.807) is 24.6 Å². The number of amides is 1. The molecule has 0 aliphatic heterocycles. The van der Waals surface area contributed by atoms with Gasteiger partial charge in [-0.3, -0.25) is 9.69 Å². The highest BCUT2D eigenvalue weighted by molar-refractivity contribution is 5.88. The monoisotopic (exact) mass is 151 g/mol. The summed E-state index contributed by atoms with van der Waals surface area (Å²) in [6.45, 7) is 7.10. The van der Waals surface area contributed by atoms with Gasteiger partial charge in [0.05, 0.1) is 0 Å². The number of nitrogens with zero attached hydrogens (tertiary/aromatic N) is 1. The fourth-order valence-electron chi connectivity index (χ4n) is 0.623. The van der Waals surface area contributed by atoms with Crippen LogP contribution in [0.5, 0.6) is 0 Å². The molecule has 0 spiro atoms. The Morgan fingerprint density at radius 1 is 1.27 bits per heavy atom. The minimum absolute atomic E-state index is 0.124. The molecule has 0 saturated heterocycles. The Hall–Kier alpha value is -1.31. The third-order valence-corrected chi connectivity index (χ3v) is 1.05. The van der Waals surface area contributed by atoms with Gasteiger partial charge in [-0.15, -0.1) is 0 Å². The third kappa shape index (κ3) is 3.40. The molecule has 0 aliphatic rings. The van der Waals surface area contributed by atoms with Crippen LogP contribution in [0.15, 0.2) is 37.2 Å². The summed E-state index contributed by atoms with van der Waals surface area (Å²) in [5, 5.41) is 0. The van der Waals surface area contributed by atoms with Gasteiger partial charge in [-0.25, -0.2) is 0 Å². The van der Waals surface area contributed by atoms with Crippen molar-refractivity contribution in [2.45, 2.75) is 13.8 Å².